The maximum absolute atomic E-state index is 12.1. The van der Waals surface area contributed by atoms with E-state index in [9.17, 15) is 9.90 Å². The van der Waals surface area contributed by atoms with Crippen LogP contribution in [0.2, 0.25) is 0 Å². The smallest absolute Gasteiger partial charge is 0.272 e. The van der Waals surface area contributed by atoms with E-state index in [0.29, 0.717) is 12.3 Å². The van der Waals surface area contributed by atoms with Crippen LogP contribution in [-0.4, -0.2) is 47.2 Å². The van der Waals surface area contributed by atoms with Gasteiger partial charge in [-0.1, -0.05) is 36.4 Å². The zero-order valence-corrected chi connectivity index (χ0v) is 12.6. The van der Waals surface area contributed by atoms with Crippen LogP contribution < -0.4 is 0 Å². The lowest BCUT2D eigenvalue weighted by Gasteiger charge is -2.20. The van der Waals surface area contributed by atoms with Crippen molar-refractivity contribution in [1.29, 1.82) is 0 Å². The molecule has 5 heteroatoms. The second-order valence-corrected chi connectivity index (χ2v) is 5.06. The van der Waals surface area contributed by atoms with E-state index in [1.54, 1.807) is 31.4 Å². The summed E-state index contributed by atoms with van der Waals surface area (Å²) in [5.41, 5.74) is 1.41. The van der Waals surface area contributed by atoms with E-state index < -0.39 is 6.10 Å². The molecule has 1 unspecified atom stereocenters. The lowest BCUT2D eigenvalue weighted by Crippen LogP contribution is -2.36. The topological polar surface area (TPSA) is 62.7 Å². The Bertz CT molecular complexity index is 575. The molecule has 1 amide bonds. The lowest BCUT2D eigenvalue weighted by molar-refractivity contribution is 0.0136. The predicted molar refractivity (Wildman–Crippen MR) is 83.3 cm³/mol. The van der Waals surface area contributed by atoms with Crippen LogP contribution >= 0.6 is 0 Å². The summed E-state index contributed by atoms with van der Waals surface area (Å²) in [4.78, 5) is 17.5. The minimum Gasteiger partial charge on any atom is -0.389 e. The van der Waals surface area contributed by atoms with Crippen LogP contribution in [0.15, 0.2) is 54.7 Å². The maximum Gasteiger partial charge on any atom is 0.272 e. The van der Waals surface area contributed by atoms with Crippen LogP contribution in [0.25, 0.3) is 0 Å². The number of likely N-dealkylation sites (N-methyl/N-ethyl adjacent to an activating group) is 1. The van der Waals surface area contributed by atoms with Crippen LogP contribution in [0, 0.1) is 0 Å². The van der Waals surface area contributed by atoms with E-state index in [-0.39, 0.29) is 19.1 Å². The van der Waals surface area contributed by atoms with Crippen LogP contribution in [0.4, 0.5) is 0 Å². The summed E-state index contributed by atoms with van der Waals surface area (Å²) in [6, 6.07) is 14.9. The molecule has 22 heavy (non-hydrogen) atoms. The summed E-state index contributed by atoms with van der Waals surface area (Å²) in [5.74, 6) is -0.220. The third kappa shape index (κ3) is 4.95. The summed E-state index contributed by atoms with van der Waals surface area (Å²) in [6.45, 7) is 0.814. The van der Waals surface area contributed by atoms with Gasteiger partial charge in [0.25, 0.3) is 5.91 Å². The van der Waals surface area contributed by atoms with E-state index in [0.717, 1.165) is 5.56 Å². The van der Waals surface area contributed by atoms with Crippen LogP contribution in [0.5, 0.6) is 0 Å². The van der Waals surface area contributed by atoms with E-state index in [4.69, 9.17) is 4.74 Å². The van der Waals surface area contributed by atoms with Gasteiger partial charge in [-0.2, -0.15) is 0 Å². The molecule has 116 valence electrons. The van der Waals surface area contributed by atoms with Crippen molar-refractivity contribution in [2.45, 2.75) is 12.7 Å². The number of benzene rings is 1. The molecule has 0 aliphatic heterocycles. The van der Waals surface area contributed by atoms with E-state index in [1.807, 2.05) is 30.3 Å². The van der Waals surface area contributed by atoms with Gasteiger partial charge in [0.05, 0.1) is 19.3 Å². The van der Waals surface area contributed by atoms with Gasteiger partial charge in [-0.15, -0.1) is 0 Å². The van der Waals surface area contributed by atoms with Crippen molar-refractivity contribution in [3.8, 4) is 0 Å². The second kappa shape index (κ2) is 8.26. The van der Waals surface area contributed by atoms with Gasteiger partial charge in [-0.05, 0) is 17.7 Å². The van der Waals surface area contributed by atoms with Crippen molar-refractivity contribution < 1.29 is 14.6 Å². The third-order valence-electron chi connectivity index (χ3n) is 3.14. The minimum absolute atomic E-state index is 0.175. The fourth-order valence-corrected chi connectivity index (χ4v) is 2.02. The Morgan fingerprint density at radius 1 is 1.23 bits per heavy atom. The molecular weight excluding hydrogens is 280 g/mol. The number of pyridine rings is 1. The molecule has 2 rings (SSSR count). The summed E-state index contributed by atoms with van der Waals surface area (Å²) in [7, 11) is 1.64. The van der Waals surface area contributed by atoms with Gasteiger partial charge in [0.1, 0.15) is 5.69 Å². The summed E-state index contributed by atoms with van der Waals surface area (Å²) >= 11 is 0. The quantitative estimate of drug-likeness (QED) is 0.846. The highest BCUT2D eigenvalue weighted by Crippen LogP contribution is 2.03. The number of rotatable bonds is 7. The van der Waals surface area contributed by atoms with Crippen molar-refractivity contribution >= 4 is 5.91 Å². The molecule has 0 radical (unpaired) electrons. The third-order valence-corrected chi connectivity index (χ3v) is 3.14. The Morgan fingerprint density at radius 3 is 2.64 bits per heavy atom. The molecule has 0 aliphatic carbocycles. The first-order chi connectivity index (χ1) is 10.7. The highest BCUT2D eigenvalue weighted by Gasteiger charge is 2.16. The van der Waals surface area contributed by atoms with Gasteiger partial charge in [0.2, 0.25) is 0 Å². The molecule has 0 bridgehead atoms. The van der Waals surface area contributed by atoms with Gasteiger partial charge in [-0.3, -0.25) is 9.78 Å². The number of aliphatic hydroxyl groups is 1. The number of carbonyl (C=O) groups excluding carboxylic acids is 1. The second-order valence-electron chi connectivity index (χ2n) is 5.06. The molecule has 0 spiro atoms. The van der Waals surface area contributed by atoms with Crippen molar-refractivity contribution in [2.24, 2.45) is 0 Å². The van der Waals surface area contributed by atoms with Gasteiger partial charge in [0.15, 0.2) is 0 Å². The fourth-order valence-electron chi connectivity index (χ4n) is 2.02. The number of aromatic nitrogens is 1. The first-order valence-electron chi connectivity index (χ1n) is 7.13. The first-order valence-corrected chi connectivity index (χ1v) is 7.13. The van der Waals surface area contributed by atoms with Gasteiger partial charge in [0, 0.05) is 19.8 Å². The highest BCUT2D eigenvalue weighted by molar-refractivity contribution is 5.92. The number of hydrogen-bond donors (Lipinski definition) is 1. The Morgan fingerprint density at radius 2 is 1.95 bits per heavy atom. The Labute approximate surface area is 130 Å². The van der Waals surface area contributed by atoms with E-state index >= 15 is 0 Å². The van der Waals surface area contributed by atoms with Crippen LogP contribution in [-0.2, 0) is 11.3 Å². The molecule has 1 aromatic carbocycles. The van der Waals surface area contributed by atoms with Gasteiger partial charge in [-0.25, -0.2) is 0 Å². The molecular formula is C17H20N2O3. The molecule has 0 aliphatic rings. The maximum atomic E-state index is 12.1. The average Bonchev–Trinajstić information content (AvgIpc) is 2.56. The fraction of sp³-hybridized carbons (Fsp3) is 0.294. The Balaban J connectivity index is 1.74. The normalized spacial score (nSPS) is 11.9. The zero-order chi connectivity index (χ0) is 15.8. The standard InChI is InChI=1S/C17H20N2O3/c1-19(17(21)16-9-5-6-10-18-16)11-15(20)13-22-12-14-7-3-2-4-8-14/h2-10,15,20H,11-13H2,1H3. The zero-order valence-electron chi connectivity index (χ0n) is 12.6. The molecule has 0 saturated heterocycles. The van der Waals surface area contributed by atoms with Crippen molar-refractivity contribution in [3.05, 3.63) is 66.0 Å². The Hall–Kier alpha value is -2.24. The molecule has 1 heterocycles. The molecule has 1 atom stereocenters. The molecule has 0 saturated carbocycles. The predicted octanol–water partition coefficient (Wildman–Crippen LogP) is 1.73. The van der Waals surface area contributed by atoms with Gasteiger partial charge >= 0.3 is 0 Å². The number of aliphatic hydroxyl groups excluding tert-OH is 1. The number of ether oxygens (including phenoxy) is 1. The number of amides is 1. The van der Waals surface area contributed by atoms with E-state index in [2.05, 4.69) is 4.98 Å². The molecule has 1 aromatic heterocycles. The number of carbonyl (C=O) groups is 1. The first kappa shape index (κ1) is 16.1. The lowest BCUT2D eigenvalue weighted by atomic mass is 10.2. The number of hydrogen-bond acceptors (Lipinski definition) is 4. The van der Waals surface area contributed by atoms with Crippen LogP contribution in [0.1, 0.15) is 16.1 Å². The number of nitrogens with zero attached hydrogens (tertiary/aromatic N) is 2. The highest BCUT2D eigenvalue weighted by atomic mass is 16.5. The molecule has 0 fully saturated rings. The molecule has 5 nitrogen and oxygen atoms in total. The van der Waals surface area contributed by atoms with E-state index in [1.165, 1.54) is 4.90 Å². The van der Waals surface area contributed by atoms with Gasteiger partial charge < -0.3 is 14.7 Å². The van der Waals surface area contributed by atoms with Crippen LogP contribution in [0.3, 0.4) is 0 Å². The van der Waals surface area contributed by atoms with Crippen molar-refractivity contribution in [3.63, 3.8) is 0 Å². The molecule has 1 N–H and O–H groups in total. The van der Waals surface area contributed by atoms with Crippen molar-refractivity contribution in [1.82, 2.24) is 9.88 Å². The van der Waals surface area contributed by atoms with Crippen molar-refractivity contribution in [2.75, 3.05) is 20.2 Å². The summed E-state index contributed by atoms with van der Waals surface area (Å²) < 4.78 is 5.46. The SMILES string of the molecule is CN(CC(O)COCc1ccccc1)C(=O)c1ccccn1. The average molecular weight is 300 g/mol. The Kier molecular flexibility index (Phi) is 6.06. The monoisotopic (exact) mass is 300 g/mol. The largest absolute Gasteiger partial charge is 0.389 e. The summed E-state index contributed by atoms with van der Waals surface area (Å²) in [5, 5.41) is 9.95. The molecule has 2 aromatic rings. The minimum atomic E-state index is -0.735. The summed E-state index contributed by atoms with van der Waals surface area (Å²) in [6.07, 6.45) is 0.835.